The van der Waals surface area contributed by atoms with Crippen LogP contribution in [0.15, 0.2) is 53.0 Å². The van der Waals surface area contributed by atoms with Crippen molar-refractivity contribution in [2.24, 2.45) is 0 Å². The van der Waals surface area contributed by atoms with Gasteiger partial charge in [0.15, 0.2) is 11.5 Å². The smallest absolute Gasteiger partial charge is 0.331 e. The van der Waals surface area contributed by atoms with E-state index < -0.39 is 5.97 Å². The minimum absolute atomic E-state index is 0.0532. The fourth-order valence-electron chi connectivity index (χ4n) is 1.75. The topological polar surface area (TPSA) is 55.8 Å². The maximum atomic E-state index is 11.7. The zero-order chi connectivity index (χ0) is 15.9. The third kappa shape index (κ3) is 4.63. The highest BCUT2D eigenvalue weighted by Crippen LogP contribution is 2.26. The van der Waals surface area contributed by atoms with Gasteiger partial charge in [0.2, 0.25) is 0 Å². The number of methoxy groups -OCH3 is 1. The Bertz CT molecular complexity index is 678. The number of rotatable bonds is 5. The molecule has 4 nitrogen and oxygen atoms in total. The second kappa shape index (κ2) is 7.66. The molecule has 2 aromatic carbocycles. The van der Waals surface area contributed by atoms with Gasteiger partial charge in [-0.25, -0.2) is 4.79 Å². The molecule has 22 heavy (non-hydrogen) atoms. The van der Waals surface area contributed by atoms with Crippen LogP contribution in [0.2, 0.25) is 0 Å². The van der Waals surface area contributed by atoms with Gasteiger partial charge >= 0.3 is 5.97 Å². The lowest BCUT2D eigenvalue weighted by molar-refractivity contribution is -0.138. The molecule has 114 valence electrons. The summed E-state index contributed by atoms with van der Waals surface area (Å²) in [4.78, 5) is 11.7. The van der Waals surface area contributed by atoms with Crippen molar-refractivity contribution in [2.45, 2.75) is 6.61 Å². The van der Waals surface area contributed by atoms with Crippen LogP contribution in [0.4, 0.5) is 0 Å². The first-order chi connectivity index (χ1) is 10.6. The number of phenols is 1. The van der Waals surface area contributed by atoms with Gasteiger partial charge < -0.3 is 14.6 Å². The van der Waals surface area contributed by atoms with Gasteiger partial charge in [0.05, 0.1) is 7.11 Å². The summed E-state index contributed by atoms with van der Waals surface area (Å²) in [7, 11) is 1.47. The Kier molecular flexibility index (Phi) is 5.61. The van der Waals surface area contributed by atoms with Gasteiger partial charge in [0, 0.05) is 10.5 Å². The molecule has 5 heteroatoms. The quantitative estimate of drug-likeness (QED) is 0.646. The maximum Gasteiger partial charge on any atom is 0.331 e. The van der Waals surface area contributed by atoms with Crippen LogP contribution < -0.4 is 4.74 Å². The van der Waals surface area contributed by atoms with Crippen molar-refractivity contribution in [1.29, 1.82) is 0 Å². The van der Waals surface area contributed by atoms with Crippen molar-refractivity contribution in [3.8, 4) is 11.5 Å². The van der Waals surface area contributed by atoms with Crippen LogP contribution in [0, 0.1) is 0 Å². The van der Waals surface area contributed by atoms with Crippen molar-refractivity contribution in [1.82, 2.24) is 0 Å². The summed E-state index contributed by atoms with van der Waals surface area (Å²) < 4.78 is 11.1. The Morgan fingerprint density at radius 1 is 1.23 bits per heavy atom. The second-order valence-electron chi connectivity index (χ2n) is 4.50. The van der Waals surface area contributed by atoms with E-state index >= 15 is 0 Å². The van der Waals surface area contributed by atoms with Gasteiger partial charge in [-0.15, -0.1) is 0 Å². The number of halogens is 1. The number of ether oxygens (including phenoxy) is 2. The van der Waals surface area contributed by atoms with E-state index in [2.05, 4.69) is 15.9 Å². The first kappa shape index (κ1) is 16.1. The zero-order valence-corrected chi connectivity index (χ0v) is 13.5. The summed E-state index contributed by atoms with van der Waals surface area (Å²) in [5, 5.41) is 9.50. The Morgan fingerprint density at radius 2 is 1.95 bits per heavy atom. The highest BCUT2D eigenvalue weighted by atomic mass is 79.9. The molecule has 0 aliphatic carbocycles. The van der Waals surface area contributed by atoms with E-state index in [1.807, 2.05) is 24.3 Å². The zero-order valence-electron chi connectivity index (χ0n) is 12.0. The van der Waals surface area contributed by atoms with Crippen LogP contribution in [0.5, 0.6) is 11.5 Å². The van der Waals surface area contributed by atoms with Gasteiger partial charge in [0.25, 0.3) is 0 Å². The molecule has 0 saturated carbocycles. The summed E-state index contributed by atoms with van der Waals surface area (Å²) in [5.41, 5.74) is 1.64. The van der Waals surface area contributed by atoms with E-state index in [-0.39, 0.29) is 12.4 Å². The largest absolute Gasteiger partial charge is 0.504 e. The summed E-state index contributed by atoms with van der Waals surface area (Å²) in [6, 6.07) is 12.4. The lowest BCUT2D eigenvalue weighted by Gasteiger charge is -2.04. The monoisotopic (exact) mass is 362 g/mol. The van der Waals surface area contributed by atoms with Crippen LogP contribution in [0.1, 0.15) is 11.1 Å². The Hall–Kier alpha value is -2.27. The third-order valence-corrected chi connectivity index (χ3v) is 3.44. The Balaban J connectivity index is 1.92. The first-order valence-corrected chi connectivity index (χ1v) is 7.34. The summed E-state index contributed by atoms with van der Waals surface area (Å²) >= 11 is 3.35. The molecule has 0 fully saturated rings. The molecule has 0 bridgehead atoms. The van der Waals surface area contributed by atoms with Crippen molar-refractivity contribution in [2.75, 3.05) is 7.11 Å². The van der Waals surface area contributed by atoms with Crippen LogP contribution in [-0.2, 0) is 16.1 Å². The lowest BCUT2D eigenvalue weighted by Crippen LogP contribution is -2.00. The van der Waals surface area contributed by atoms with E-state index in [1.165, 1.54) is 19.3 Å². The number of esters is 1. The third-order valence-electron chi connectivity index (χ3n) is 2.91. The van der Waals surface area contributed by atoms with Crippen LogP contribution in [-0.4, -0.2) is 18.2 Å². The minimum atomic E-state index is -0.435. The summed E-state index contributed by atoms with van der Waals surface area (Å²) in [6.45, 7) is 0.218. The molecule has 2 aromatic rings. The SMILES string of the molecule is COc1cc(/C=C/C(=O)OCc2ccc(Br)cc2)ccc1O. The number of hydrogen-bond acceptors (Lipinski definition) is 4. The van der Waals surface area contributed by atoms with E-state index in [1.54, 1.807) is 18.2 Å². The van der Waals surface area contributed by atoms with Gasteiger partial charge in [-0.1, -0.05) is 34.1 Å². The van der Waals surface area contributed by atoms with E-state index in [0.717, 1.165) is 15.6 Å². The van der Waals surface area contributed by atoms with Gasteiger partial charge in [-0.2, -0.15) is 0 Å². The predicted octanol–water partition coefficient (Wildman–Crippen LogP) is 3.92. The molecular formula is C17H15BrO4. The molecule has 0 amide bonds. The molecule has 0 radical (unpaired) electrons. The van der Waals surface area contributed by atoms with Gasteiger partial charge in [0.1, 0.15) is 6.61 Å². The van der Waals surface area contributed by atoms with Crippen molar-refractivity contribution in [3.63, 3.8) is 0 Å². The van der Waals surface area contributed by atoms with E-state index in [4.69, 9.17) is 9.47 Å². The molecule has 0 aromatic heterocycles. The molecule has 0 saturated heterocycles. The second-order valence-corrected chi connectivity index (χ2v) is 5.41. The molecule has 0 atom stereocenters. The van der Waals surface area contributed by atoms with Crippen molar-refractivity contribution in [3.05, 3.63) is 64.1 Å². The average molecular weight is 363 g/mol. The first-order valence-electron chi connectivity index (χ1n) is 6.55. The summed E-state index contributed by atoms with van der Waals surface area (Å²) in [5.74, 6) is -0.0298. The molecule has 1 N–H and O–H groups in total. The molecule has 0 heterocycles. The fraction of sp³-hybridized carbons (Fsp3) is 0.118. The molecular weight excluding hydrogens is 348 g/mol. The van der Waals surface area contributed by atoms with Crippen LogP contribution >= 0.6 is 15.9 Å². The minimum Gasteiger partial charge on any atom is -0.504 e. The number of aromatic hydroxyl groups is 1. The maximum absolute atomic E-state index is 11.7. The number of carbonyl (C=O) groups is 1. The molecule has 0 unspecified atom stereocenters. The highest BCUT2D eigenvalue weighted by molar-refractivity contribution is 9.10. The number of hydrogen-bond donors (Lipinski definition) is 1. The fourth-order valence-corrected chi connectivity index (χ4v) is 2.01. The normalized spacial score (nSPS) is 10.6. The molecule has 2 rings (SSSR count). The predicted molar refractivity (Wildman–Crippen MR) is 87.6 cm³/mol. The van der Waals surface area contributed by atoms with E-state index in [0.29, 0.717) is 5.75 Å². The average Bonchev–Trinajstić information content (AvgIpc) is 2.53. The van der Waals surface area contributed by atoms with Crippen molar-refractivity contribution >= 4 is 28.0 Å². The van der Waals surface area contributed by atoms with E-state index in [9.17, 15) is 9.90 Å². The van der Waals surface area contributed by atoms with Crippen LogP contribution in [0.25, 0.3) is 6.08 Å². The Labute approximate surface area is 137 Å². The molecule has 0 aliphatic rings. The van der Waals surface area contributed by atoms with Crippen LogP contribution in [0.3, 0.4) is 0 Å². The highest BCUT2D eigenvalue weighted by Gasteiger charge is 2.02. The number of benzene rings is 2. The Morgan fingerprint density at radius 3 is 2.64 bits per heavy atom. The van der Waals surface area contributed by atoms with Gasteiger partial charge in [-0.05, 0) is 41.5 Å². The standard InChI is InChI=1S/C17H15BrO4/c1-21-16-10-12(4-8-15(16)19)5-9-17(20)22-11-13-2-6-14(18)7-3-13/h2-10,19H,11H2,1H3/b9-5+. The number of carbonyl (C=O) groups excluding carboxylic acids is 1. The van der Waals surface area contributed by atoms with Crippen molar-refractivity contribution < 1.29 is 19.4 Å². The number of phenolic OH excluding ortho intramolecular Hbond substituents is 1. The molecule has 0 spiro atoms. The molecule has 0 aliphatic heterocycles. The summed E-state index contributed by atoms with van der Waals surface area (Å²) in [6.07, 6.45) is 2.94. The van der Waals surface area contributed by atoms with Gasteiger partial charge in [-0.3, -0.25) is 0 Å². The lowest BCUT2D eigenvalue weighted by atomic mass is 10.2.